The summed E-state index contributed by atoms with van der Waals surface area (Å²) in [6.07, 6.45) is 7.90. The van der Waals surface area contributed by atoms with Gasteiger partial charge in [-0.3, -0.25) is 0 Å². The molecule has 0 saturated heterocycles. The Hall–Kier alpha value is -1.52. The molecule has 0 bridgehead atoms. The average molecular weight is 366 g/mol. The Morgan fingerprint density at radius 3 is 2.09 bits per heavy atom. The van der Waals surface area contributed by atoms with Gasteiger partial charge in [-0.2, -0.15) is 0 Å². The van der Waals surface area contributed by atoms with E-state index in [9.17, 15) is 0 Å². The van der Waals surface area contributed by atoms with Gasteiger partial charge in [0.05, 0.1) is 0 Å². The summed E-state index contributed by atoms with van der Waals surface area (Å²) in [4.78, 5) is 0. The van der Waals surface area contributed by atoms with E-state index in [0.29, 0.717) is 11.8 Å². The van der Waals surface area contributed by atoms with Gasteiger partial charge in [-0.1, -0.05) is 0 Å². The Morgan fingerprint density at radius 1 is 1.00 bits per heavy atom. The zero-order chi connectivity index (χ0) is 15.1. The van der Waals surface area contributed by atoms with Crippen molar-refractivity contribution in [2.75, 3.05) is 0 Å². The van der Waals surface area contributed by atoms with Crippen molar-refractivity contribution in [2.24, 2.45) is 5.92 Å². The number of allylic oxidation sites excluding steroid dienone is 4. The maximum atomic E-state index is 2.32. The first-order chi connectivity index (χ1) is 10.8. The van der Waals surface area contributed by atoms with Gasteiger partial charge in [0, 0.05) is 0 Å². The molecular formula is C21H18Mo. The summed E-state index contributed by atoms with van der Waals surface area (Å²) in [7, 11) is 0. The molecule has 4 rings (SSSR count). The molecule has 1 heteroatoms. The molecule has 1 unspecified atom stereocenters. The summed E-state index contributed by atoms with van der Waals surface area (Å²) < 4.78 is 1.52. The molecule has 2 aliphatic rings. The van der Waals surface area contributed by atoms with Crippen LogP contribution in [0.15, 0.2) is 72.3 Å². The second kappa shape index (κ2) is 5.59. The first kappa shape index (κ1) is 14.1. The maximum absolute atomic E-state index is 2.32. The van der Waals surface area contributed by atoms with Crippen LogP contribution in [0, 0.1) is 5.92 Å². The van der Waals surface area contributed by atoms with Crippen molar-refractivity contribution >= 4 is 3.90 Å². The number of benzene rings is 2. The molecule has 108 valence electrons. The van der Waals surface area contributed by atoms with E-state index in [1.54, 1.807) is 5.57 Å². The van der Waals surface area contributed by atoms with E-state index in [1.165, 1.54) is 26.2 Å². The molecule has 0 saturated carbocycles. The third-order valence-electron chi connectivity index (χ3n) is 4.85. The number of hydrogen-bond acceptors (Lipinski definition) is 0. The molecule has 2 aliphatic carbocycles. The molecule has 1 atom stereocenters. The molecule has 0 fully saturated rings. The van der Waals surface area contributed by atoms with Gasteiger partial charge in [0.1, 0.15) is 0 Å². The summed E-state index contributed by atoms with van der Waals surface area (Å²) in [6.45, 7) is 2.29. The molecule has 0 radical (unpaired) electrons. The third kappa shape index (κ3) is 2.13. The van der Waals surface area contributed by atoms with Crippen molar-refractivity contribution in [3.05, 3.63) is 83.5 Å². The first-order valence-electron chi connectivity index (χ1n) is 7.81. The molecule has 2 aromatic carbocycles. The summed E-state index contributed by atoms with van der Waals surface area (Å²) in [5.41, 5.74) is 7.37. The van der Waals surface area contributed by atoms with E-state index >= 15 is 0 Å². The van der Waals surface area contributed by atoms with Crippen molar-refractivity contribution in [3.63, 3.8) is 0 Å². The Bertz CT molecular complexity index is 765. The summed E-state index contributed by atoms with van der Waals surface area (Å²) in [6, 6.07) is 17.9. The van der Waals surface area contributed by atoms with E-state index in [0.717, 1.165) is 6.42 Å². The molecular weight excluding hydrogens is 348 g/mol. The van der Waals surface area contributed by atoms with Gasteiger partial charge < -0.3 is 0 Å². The van der Waals surface area contributed by atoms with Crippen LogP contribution in [-0.4, -0.2) is 3.90 Å². The van der Waals surface area contributed by atoms with Gasteiger partial charge in [0.15, 0.2) is 0 Å². The van der Waals surface area contributed by atoms with Crippen LogP contribution in [-0.2, 0) is 19.4 Å². The zero-order valence-corrected chi connectivity index (χ0v) is 14.6. The van der Waals surface area contributed by atoms with Crippen LogP contribution in [0.2, 0.25) is 0 Å². The molecule has 0 amide bonds. The average Bonchev–Trinajstić information content (AvgIpc) is 3.16. The van der Waals surface area contributed by atoms with Crippen LogP contribution in [0.1, 0.15) is 30.4 Å². The van der Waals surface area contributed by atoms with Gasteiger partial charge in [0.2, 0.25) is 0 Å². The van der Waals surface area contributed by atoms with Crippen LogP contribution in [0.25, 0.3) is 11.1 Å². The van der Waals surface area contributed by atoms with Crippen LogP contribution >= 0.6 is 0 Å². The second-order valence-corrected chi connectivity index (χ2v) is 7.70. The van der Waals surface area contributed by atoms with Crippen molar-refractivity contribution in [2.45, 2.75) is 19.3 Å². The molecule has 0 spiro atoms. The van der Waals surface area contributed by atoms with E-state index in [1.807, 2.05) is 0 Å². The zero-order valence-electron chi connectivity index (χ0n) is 12.6. The van der Waals surface area contributed by atoms with Gasteiger partial charge in [0.25, 0.3) is 0 Å². The summed E-state index contributed by atoms with van der Waals surface area (Å²) >= 11 is 2.20. The molecule has 0 heterocycles. The van der Waals surface area contributed by atoms with E-state index in [2.05, 4.69) is 93.0 Å². The quantitative estimate of drug-likeness (QED) is 0.668. The van der Waals surface area contributed by atoms with Gasteiger partial charge in [-0.05, 0) is 0 Å². The monoisotopic (exact) mass is 368 g/mol. The number of fused-ring (bicyclic) bond motifs is 3. The predicted molar refractivity (Wildman–Crippen MR) is 89.7 cm³/mol. The Balaban J connectivity index is 1.92. The fourth-order valence-corrected chi connectivity index (χ4v) is 4.66. The third-order valence-corrected chi connectivity index (χ3v) is 5.48. The molecule has 0 aromatic heterocycles. The van der Waals surface area contributed by atoms with Crippen molar-refractivity contribution in [1.82, 2.24) is 0 Å². The second-order valence-electron chi connectivity index (χ2n) is 6.11. The topological polar surface area (TPSA) is 0 Å². The Kier molecular flexibility index (Phi) is 3.58. The molecule has 0 aliphatic heterocycles. The number of hydrogen-bond donors (Lipinski definition) is 0. The van der Waals surface area contributed by atoms with Crippen LogP contribution < -0.4 is 0 Å². The van der Waals surface area contributed by atoms with Crippen molar-refractivity contribution < 1.29 is 19.4 Å². The van der Waals surface area contributed by atoms with Crippen molar-refractivity contribution in [1.29, 1.82) is 0 Å². The minimum atomic E-state index is 0.464. The van der Waals surface area contributed by atoms with Crippen LogP contribution in [0.5, 0.6) is 0 Å². The van der Waals surface area contributed by atoms with E-state index in [4.69, 9.17) is 0 Å². The standard InChI is InChI=1S/C21H18.Mo/c1-2-16(15-9-3-4-10-15)21-19-13-7-5-11-17(19)18-12-6-8-14-20(18)21;/h3-9,11-14,16,21H,10H2,1H3;. The molecule has 2 aromatic rings. The molecule has 0 nitrogen and oxygen atoms in total. The van der Waals surface area contributed by atoms with Gasteiger partial charge in [-0.25, -0.2) is 0 Å². The molecule has 22 heavy (non-hydrogen) atoms. The van der Waals surface area contributed by atoms with E-state index in [-0.39, 0.29) is 0 Å². The predicted octanol–water partition coefficient (Wildman–Crippen LogP) is 5.04. The fraction of sp³-hybridized carbons (Fsp3) is 0.190. The van der Waals surface area contributed by atoms with Gasteiger partial charge in [-0.15, -0.1) is 0 Å². The fourth-order valence-electron chi connectivity index (χ4n) is 3.96. The minimum absolute atomic E-state index is 0.464. The van der Waals surface area contributed by atoms with Gasteiger partial charge >= 0.3 is 143 Å². The summed E-state index contributed by atoms with van der Waals surface area (Å²) in [5.74, 6) is 0.968. The SMILES string of the molecule is C[C](=[Mo])C(C1=CC=CC1)C1c2ccccc2-c2ccccc21. The summed E-state index contributed by atoms with van der Waals surface area (Å²) in [5, 5.41) is 0. The first-order valence-corrected chi connectivity index (χ1v) is 8.82. The number of rotatable bonds is 3. The van der Waals surface area contributed by atoms with Crippen LogP contribution in [0.3, 0.4) is 0 Å². The normalized spacial score (nSPS) is 17.0. The Morgan fingerprint density at radius 2 is 1.59 bits per heavy atom. The Labute approximate surface area is 143 Å². The van der Waals surface area contributed by atoms with Crippen molar-refractivity contribution in [3.8, 4) is 11.1 Å². The molecule has 0 N–H and O–H groups in total. The van der Waals surface area contributed by atoms with E-state index < -0.39 is 0 Å². The van der Waals surface area contributed by atoms with Crippen LogP contribution in [0.4, 0.5) is 0 Å².